The second-order valence-corrected chi connectivity index (χ2v) is 5.54. The van der Waals surface area contributed by atoms with Crippen LogP contribution in [0, 0.1) is 5.92 Å². The van der Waals surface area contributed by atoms with Crippen molar-refractivity contribution in [1.29, 1.82) is 0 Å². The van der Waals surface area contributed by atoms with Gasteiger partial charge in [0.05, 0.1) is 0 Å². The monoisotopic (exact) mass is 263 g/mol. The van der Waals surface area contributed by atoms with Crippen molar-refractivity contribution in [1.82, 2.24) is 10.3 Å². The van der Waals surface area contributed by atoms with Gasteiger partial charge in [0.15, 0.2) is 0 Å². The number of aromatic nitrogens is 1. The quantitative estimate of drug-likeness (QED) is 0.780. The van der Waals surface area contributed by atoms with Crippen molar-refractivity contribution in [3.05, 3.63) is 23.4 Å². The fourth-order valence-corrected chi connectivity index (χ4v) is 2.31. The first-order chi connectivity index (χ1) is 9.10. The van der Waals surface area contributed by atoms with E-state index in [-0.39, 0.29) is 0 Å². The van der Waals surface area contributed by atoms with Crippen molar-refractivity contribution in [2.75, 3.05) is 25.0 Å². The Morgan fingerprint density at radius 2 is 2.00 bits per heavy atom. The number of nitrogens with zero attached hydrogens (tertiary/aromatic N) is 2. The van der Waals surface area contributed by atoms with Crippen LogP contribution in [-0.4, -0.2) is 25.1 Å². The smallest absolute Gasteiger partial charge is 0.129 e. The first-order valence-electron chi connectivity index (χ1n) is 7.50. The fraction of sp³-hybridized carbons (Fsp3) is 0.688. The number of nitrogens with one attached hydrogen (secondary N) is 1. The lowest BCUT2D eigenvalue weighted by molar-refractivity contribution is 0.613. The summed E-state index contributed by atoms with van der Waals surface area (Å²) in [5.74, 6) is 1.79. The van der Waals surface area contributed by atoms with Crippen LogP contribution in [-0.2, 0) is 13.0 Å². The van der Waals surface area contributed by atoms with Crippen molar-refractivity contribution >= 4 is 5.82 Å². The first kappa shape index (κ1) is 16.0. The Labute approximate surface area is 118 Å². The zero-order valence-corrected chi connectivity index (χ0v) is 13.2. The van der Waals surface area contributed by atoms with Gasteiger partial charge in [0.25, 0.3) is 0 Å². The van der Waals surface area contributed by atoms with E-state index in [1.807, 2.05) is 7.05 Å². The van der Waals surface area contributed by atoms with Crippen molar-refractivity contribution in [2.24, 2.45) is 5.92 Å². The maximum absolute atomic E-state index is 4.83. The van der Waals surface area contributed by atoms with E-state index in [1.165, 1.54) is 11.3 Å². The summed E-state index contributed by atoms with van der Waals surface area (Å²) in [6, 6.07) is 4.45. The van der Waals surface area contributed by atoms with E-state index in [0.29, 0.717) is 5.92 Å². The van der Waals surface area contributed by atoms with Crippen LogP contribution in [0.3, 0.4) is 0 Å². The second-order valence-electron chi connectivity index (χ2n) is 5.54. The maximum Gasteiger partial charge on any atom is 0.129 e. The summed E-state index contributed by atoms with van der Waals surface area (Å²) in [7, 11) is 1.99. The molecule has 108 valence electrons. The Bertz CT molecular complexity index is 350. The van der Waals surface area contributed by atoms with E-state index in [0.717, 1.165) is 38.3 Å². The Morgan fingerprint density at radius 3 is 2.53 bits per heavy atom. The van der Waals surface area contributed by atoms with E-state index in [9.17, 15) is 0 Å². The Morgan fingerprint density at radius 1 is 1.26 bits per heavy atom. The van der Waals surface area contributed by atoms with Crippen LogP contribution in [0.5, 0.6) is 0 Å². The topological polar surface area (TPSA) is 28.2 Å². The average Bonchev–Trinajstić information content (AvgIpc) is 2.36. The van der Waals surface area contributed by atoms with Crippen LogP contribution in [0.1, 0.15) is 45.4 Å². The molecule has 0 saturated heterocycles. The molecule has 0 saturated carbocycles. The first-order valence-corrected chi connectivity index (χ1v) is 7.50. The number of hydrogen-bond acceptors (Lipinski definition) is 3. The van der Waals surface area contributed by atoms with Crippen LogP contribution < -0.4 is 10.2 Å². The molecule has 1 heterocycles. The van der Waals surface area contributed by atoms with E-state index in [4.69, 9.17) is 4.98 Å². The molecule has 0 aliphatic rings. The zero-order valence-electron chi connectivity index (χ0n) is 13.2. The Hall–Kier alpha value is -1.09. The highest BCUT2D eigenvalue weighted by molar-refractivity contribution is 5.43. The minimum absolute atomic E-state index is 0.657. The lowest BCUT2D eigenvalue weighted by Gasteiger charge is -2.25. The van der Waals surface area contributed by atoms with Crippen LogP contribution in [0.15, 0.2) is 12.1 Å². The highest BCUT2D eigenvalue weighted by Gasteiger charge is 2.10. The van der Waals surface area contributed by atoms with E-state index in [2.05, 4.69) is 50.0 Å². The summed E-state index contributed by atoms with van der Waals surface area (Å²) >= 11 is 0. The van der Waals surface area contributed by atoms with Gasteiger partial charge in [0.1, 0.15) is 5.82 Å². The molecule has 1 N–H and O–H groups in total. The molecule has 0 aromatic carbocycles. The summed E-state index contributed by atoms with van der Waals surface area (Å²) < 4.78 is 0. The van der Waals surface area contributed by atoms with Crippen LogP contribution >= 0.6 is 0 Å². The molecule has 1 aromatic rings. The third-order valence-corrected chi connectivity index (χ3v) is 3.10. The van der Waals surface area contributed by atoms with Gasteiger partial charge < -0.3 is 10.2 Å². The molecule has 19 heavy (non-hydrogen) atoms. The molecular weight excluding hydrogens is 234 g/mol. The maximum atomic E-state index is 4.83. The number of aryl methyl sites for hydroxylation is 1. The van der Waals surface area contributed by atoms with Crippen molar-refractivity contribution < 1.29 is 0 Å². The summed E-state index contributed by atoms with van der Waals surface area (Å²) in [5.41, 5.74) is 2.55. The lowest BCUT2D eigenvalue weighted by atomic mass is 10.1. The third kappa shape index (κ3) is 5.19. The molecule has 0 fully saturated rings. The zero-order chi connectivity index (χ0) is 14.3. The SMILES string of the molecule is CCCc1cc(CNC)cc(N(CC)CC(C)C)n1. The van der Waals surface area contributed by atoms with E-state index < -0.39 is 0 Å². The molecule has 3 nitrogen and oxygen atoms in total. The minimum atomic E-state index is 0.657. The second kappa shape index (κ2) is 8.16. The number of anilines is 1. The van der Waals surface area contributed by atoms with Gasteiger partial charge in [-0.3, -0.25) is 0 Å². The van der Waals surface area contributed by atoms with Gasteiger partial charge in [-0.15, -0.1) is 0 Å². The molecule has 1 rings (SSSR count). The Balaban J connectivity index is 3.01. The largest absolute Gasteiger partial charge is 0.357 e. The summed E-state index contributed by atoms with van der Waals surface area (Å²) in [6.07, 6.45) is 2.20. The van der Waals surface area contributed by atoms with Gasteiger partial charge in [0.2, 0.25) is 0 Å². The number of rotatable bonds is 8. The predicted octanol–water partition coefficient (Wildman–Crippen LogP) is 3.24. The molecule has 0 bridgehead atoms. The molecule has 0 aliphatic heterocycles. The molecule has 0 atom stereocenters. The predicted molar refractivity (Wildman–Crippen MR) is 83.7 cm³/mol. The highest BCUT2D eigenvalue weighted by Crippen LogP contribution is 2.17. The van der Waals surface area contributed by atoms with Crippen LogP contribution in [0.25, 0.3) is 0 Å². The summed E-state index contributed by atoms with van der Waals surface area (Å²) in [5, 5.41) is 3.23. The van der Waals surface area contributed by atoms with E-state index in [1.54, 1.807) is 0 Å². The van der Waals surface area contributed by atoms with Crippen LogP contribution in [0.4, 0.5) is 5.82 Å². The molecule has 0 unspecified atom stereocenters. The minimum Gasteiger partial charge on any atom is -0.357 e. The van der Waals surface area contributed by atoms with Crippen LogP contribution in [0.2, 0.25) is 0 Å². The number of hydrogen-bond donors (Lipinski definition) is 1. The molecule has 3 heteroatoms. The Kier molecular flexibility index (Phi) is 6.85. The van der Waals surface area contributed by atoms with Gasteiger partial charge in [-0.2, -0.15) is 0 Å². The average molecular weight is 263 g/mol. The molecule has 0 aliphatic carbocycles. The summed E-state index contributed by atoms with van der Waals surface area (Å²) in [4.78, 5) is 7.21. The number of pyridine rings is 1. The van der Waals surface area contributed by atoms with Crippen molar-refractivity contribution in [3.8, 4) is 0 Å². The van der Waals surface area contributed by atoms with Gasteiger partial charge in [0, 0.05) is 25.3 Å². The molecular formula is C16H29N3. The molecule has 0 amide bonds. The molecule has 0 spiro atoms. The van der Waals surface area contributed by atoms with E-state index >= 15 is 0 Å². The molecule has 0 radical (unpaired) electrons. The highest BCUT2D eigenvalue weighted by atomic mass is 15.2. The van der Waals surface area contributed by atoms with Gasteiger partial charge in [-0.05, 0) is 44.0 Å². The molecule has 1 aromatic heterocycles. The van der Waals surface area contributed by atoms with Gasteiger partial charge in [-0.1, -0.05) is 27.2 Å². The standard InChI is InChI=1S/C16H29N3/c1-6-8-15-9-14(11-17-5)10-16(18-15)19(7-2)12-13(3)4/h9-10,13,17H,6-8,11-12H2,1-5H3. The lowest BCUT2D eigenvalue weighted by Crippen LogP contribution is -2.28. The van der Waals surface area contributed by atoms with Crippen molar-refractivity contribution in [2.45, 2.75) is 47.1 Å². The van der Waals surface area contributed by atoms with Gasteiger partial charge in [-0.25, -0.2) is 4.98 Å². The van der Waals surface area contributed by atoms with Crippen molar-refractivity contribution in [3.63, 3.8) is 0 Å². The summed E-state index contributed by atoms with van der Waals surface area (Å²) in [6.45, 7) is 11.9. The van der Waals surface area contributed by atoms with Gasteiger partial charge >= 0.3 is 0 Å². The fourth-order valence-electron chi connectivity index (χ4n) is 2.31. The third-order valence-electron chi connectivity index (χ3n) is 3.10. The normalized spacial score (nSPS) is 11.1.